The highest BCUT2D eigenvalue weighted by Crippen LogP contribution is 2.43. The lowest BCUT2D eigenvalue weighted by molar-refractivity contribution is 0.0520. The zero-order valence-corrected chi connectivity index (χ0v) is 20.4. The van der Waals surface area contributed by atoms with E-state index in [0.29, 0.717) is 34.9 Å². The summed E-state index contributed by atoms with van der Waals surface area (Å²) in [4.78, 5) is 24.0. The molecule has 5 rings (SSSR count). The van der Waals surface area contributed by atoms with Crippen molar-refractivity contribution in [2.75, 3.05) is 38.3 Å². The Bertz CT molecular complexity index is 1180. The number of piperidine rings is 1. The number of carbonyl (C=O) groups is 1. The number of hydrogen-bond donors (Lipinski definition) is 0. The molecule has 1 saturated carbocycles. The van der Waals surface area contributed by atoms with Crippen LogP contribution < -0.4 is 4.90 Å². The highest BCUT2D eigenvalue weighted by molar-refractivity contribution is 6.29. The minimum Gasteiger partial charge on any atom is -0.461 e. The Hall–Kier alpha value is -2.71. The first-order chi connectivity index (χ1) is 16.6. The lowest BCUT2D eigenvalue weighted by atomic mass is 9.82. The fourth-order valence-corrected chi connectivity index (χ4v) is 5.10. The Balaban J connectivity index is 1.68. The summed E-state index contributed by atoms with van der Waals surface area (Å²) in [5.74, 6) is 0.516. The first kappa shape index (κ1) is 23.1. The van der Waals surface area contributed by atoms with Crippen LogP contribution in [0.3, 0.4) is 0 Å². The zero-order chi connectivity index (χ0) is 23.7. The number of anilines is 1. The van der Waals surface area contributed by atoms with Crippen LogP contribution in [0, 0.1) is 5.92 Å². The Morgan fingerprint density at radius 2 is 2.00 bits per heavy atom. The summed E-state index contributed by atoms with van der Waals surface area (Å²) in [6.07, 6.45) is 7.16. The van der Waals surface area contributed by atoms with Gasteiger partial charge in [-0.15, -0.1) is 0 Å². The van der Waals surface area contributed by atoms with E-state index in [9.17, 15) is 4.79 Å². The van der Waals surface area contributed by atoms with Gasteiger partial charge in [-0.3, -0.25) is 0 Å². The second-order valence-electron chi connectivity index (χ2n) is 9.09. The number of methoxy groups -OCH3 is 1. The second kappa shape index (κ2) is 9.88. The maximum Gasteiger partial charge on any atom is 0.357 e. The molecule has 34 heavy (non-hydrogen) atoms. The smallest absolute Gasteiger partial charge is 0.357 e. The average molecular weight is 484 g/mol. The molecule has 0 radical (unpaired) electrons. The highest BCUT2D eigenvalue weighted by Gasteiger charge is 2.31. The summed E-state index contributed by atoms with van der Waals surface area (Å²) in [6.45, 7) is 4.66. The van der Waals surface area contributed by atoms with Gasteiger partial charge in [-0.1, -0.05) is 18.0 Å². The molecule has 0 aromatic carbocycles. The van der Waals surface area contributed by atoms with Crippen LogP contribution >= 0.6 is 11.6 Å². The third-order valence-corrected chi connectivity index (χ3v) is 7.14. The van der Waals surface area contributed by atoms with Crippen molar-refractivity contribution in [1.29, 1.82) is 0 Å². The lowest BCUT2D eigenvalue weighted by Crippen LogP contribution is -2.35. The highest BCUT2D eigenvalue weighted by atomic mass is 35.5. The van der Waals surface area contributed by atoms with Crippen LogP contribution in [0.15, 0.2) is 24.4 Å². The molecule has 0 spiro atoms. The average Bonchev–Trinajstić information content (AvgIpc) is 3.17. The molecule has 0 N–H and O–H groups in total. The molecule has 8 nitrogen and oxygen atoms in total. The van der Waals surface area contributed by atoms with E-state index >= 15 is 0 Å². The van der Waals surface area contributed by atoms with Gasteiger partial charge in [0, 0.05) is 45.0 Å². The number of halogens is 1. The lowest BCUT2D eigenvalue weighted by Gasteiger charge is -2.34. The van der Waals surface area contributed by atoms with Crippen molar-refractivity contribution in [1.82, 2.24) is 19.7 Å². The third-order valence-electron chi connectivity index (χ3n) is 6.93. The standard InChI is InChI=1S/C25H30ClN5O3/c1-3-34-25(32)19-14-20(30-11-8-16(9-12-30)15-33-2)22-23(17-5-4-6-17)29-31(24(22)28-19)18-7-10-27-21(26)13-18/h7,10,13-14,16-17H,3-6,8-9,11-12,15H2,1-2H3. The summed E-state index contributed by atoms with van der Waals surface area (Å²) in [6, 6.07) is 5.52. The molecule has 1 saturated heterocycles. The van der Waals surface area contributed by atoms with Gasteiger partial charge >= 0.3 is 5.97 Å². The molecular weight excluding hydrogens is 454 g/mol. The number of fused-ring (bicyclic) bond motifs is 1. The number of pyridine rings is 2. The molecule has 0 bridgehead atoms. The third kappa shape index (κ3) is 4.36. The molecule has 1 aliphatic heterocycles. The molecule has 0 atom stereocenters. The Labute approximate surface area is 204 Å². The van der Waals surface area contributed by atoms with E-state index < -0.39 is 5.97 Å². The van der Waals surface area contributed by atoms with Crippen molar-refractivity contribution >= 4 is 34.3 Å². The van der Waals surface area contributed by atoms with Crippen LogP contribution in [0.5, 0.6) is 0 Å². The topological polar surface area (TPSA) is 82.4 Å². The van der Waals surface area contributed by atoms with Crippen LogP contribution in [0.4, 0.5) is 5.69 Å². The summed E-state index contributed by atoms with van der Waals surface area (Å²) in [7, 11) is 1.76. The van der Waals surface area contributed by atoms with Gasteiger partial charge in [0.05, 0.1) is 29.1 Å². The molecule has 3 aromatic rings. The molecule has 4 heterocycles. The van der Waals surface area contributed by atoms with E-state index in [2.05, 4.69) is 9.88 Å². The van der Waals surface area contributed by atoms with Crippen LogP contribution in [-0.2, 0) is 9.47 Å². The van der Waals surface area contributed by atoms with Gasteiger partial charge in [0.15, 0.2) is 11.3 Å². The van der Waals surface area contributed by atoms with Crippen molar-refractivity contribution in [2.24, 2.45) is 5.92 Å². The van der Waals surface area contributed by atoms with Gasteiger partial charge in [0.2, 0.25) is 0 Å². The van der Waals surface area contributed by atoms with Crippen LogP contribution in [0.1, 0.15) is 61.1 Å². The van der Waals surface area contributed by atoms with Crippen LogP contribution in [0.25, 0.3) is 16.7 Å². The van der Waals surface area contributed by atoms with Gasteiger partial charge in [-0.2, -0.15) is 5.10 Å². The van der Waals surface area contributed by atoms with Crippen molar-refractivity contribution < 1.29 is 14.3 Å². The molecule has 1 aliphatic carbocycles. The summed E-state index contributed by atoms with van der Waals surface area (Å²) >= 11 is 6.20. The largest absolute Gasteiger partial charge is 0.461 e. The van der Waals surface area contributed by atoms with E-state index in [0.717, 1.165) is 67.8 Å². The van der Waals surface area contributed by atoms with Crippen molar-refractivity contribution in [3.63, 3.8) is 0 Å². The number of aromatic nitrogens is 4. The van der Waals surface area contributed by atoms with Gasteiger partial charge in [-0.25, -0.2) is 19.4 Å². The number of esters is 1. The SMILES string of the molecule is CCOC(=O)c1cc(N2CCC(COC)CC2)c2c(C3CCC3)nn(-c3ccnc(Cl)c3)c2n1. The molecule has 0 amide bonds. The van der Waals surface area contributed by atoms with Crippen molar-refractivity contribution in [3.8, 4) is 5.69 Å². The molecular formula is C25H30ClN5O3. The summed E-state index contributed by atoms with van der Waals surface area (Å²) in [5, 5.41) is 6.44. The van der Waals surface area contributed by atoms with Crippen LogP contribution in [-0.4, -0.2) is 59.1 Å². The normalized spacial score (nSPS) is 17.2. The minimum atomic E-state index is -0.425. The van der Waals surface area contributed by atoms with Gasteiger partial charge < -0.3 is 14.4 Å². The Morgan fingerprint density at radius 1 is 1.21 bits per heavy atom. The predicted molar refractivity (Wildman–Crippen MR) is 131 cm³/mol. The maximum absolute atomic E-state index is 12.8. The van der Waals surface area contributed by atoms with Gasteiger partial charge in [-0.05, 0) is 50.7 Å². The van der Waals surface area contributed by atoms with Gasteiger partial charge in [0.25, 0.3) is 0 Å². The second-order valence-corrected chi connectivity index (χ2v) is 9.48. The van der Waals surface area contributed by atoms with E-state index in [1.807, 2.05) is 12.1 Å². The van der Waals surface area contributed by atoms with E-state index in [1.165, 1.54) is 6.42 Å². The first-order valence-corrected chi connectivity index (χ1v) is 12.4. The molecule has 2 aliphatic rings. The Morgan fingerprint density at radius 3 is 2.65 bits per heavy atom. The van der Waals surface area contributed by atoms with Crippen molar-refractivity contribution in [2.45, 2.75) is 44.9 Å². The maximum atomic E-state index is 12.8. The number of hydrogen-bond acceptors (Lipinski definition) is 7. The van der Waals surface area contributed by atoms with E-state index in [-0.39, 0.29) is 0 Å². The number of nitrogens with zero attached hydrogens (tertiary/aromatic N) is 5. The van der Waals surface area contributed by atoms with Crippen LogP contribution in [0.2, 0.25) is 5.15 Å². The van der Waals surface area contributed by atoms with Gasteiger partial charge in [0.1, 0.15) is 5.15 Å². The monoisotopic (exact) mass is 483 g/mol. The number of ether oxygens (including phenoxy) is 2. The fourth-order valence-electron chi connectivity index (χ4n) is 4.93. The molecule has 3 aromatic heterocycles. The first-order valence-electron chi connectivity index (χ1n) is 12.1. The van der Waals surface area contributed by atoms with E-state index in [4.69, 9.17) is 31.2 Å². The van der Waals surface area contributed by atoms with Crippen molar-refractivity contribution in [3.05, 3.63) is 40.9 Å². The molecule has 180 valence electrons. The summed E-state index contributed by atoms with van der Waals surface area (Å²) in [5.41, 5.74) is 3.78. The Kier molecular flexibility index (Phi) is 6.70. The molecule has 0 unspecified atom stereocenters. The number of rotatable bonds is 7. The van der Waals surface area contributed by atoms with E-state index in [1.54, 1.807) is 31.0 Å². The minimum absolute atomic E-state index is 0.294. The molecule has 2 fully saturated rings. The molecule has 9 heteroatoms. The quantitative estimate of drug-likeness (QED) is 0.353. The zero-order valence-electron chi connectivity index (χ0n) is 19.7. The number of carbonyl (C=O) groups excluding carboxylic acids is 1. The summed E-state index contributed by atoms with van der Waals surface area (Å²) < 4.78 is 12.5. The predicted octanol–water partition coefficient (Wildman–Crippen LogP) is 4.78. The fraction of sp³-hybridized carbons (Fsp3) is 0.520.